The first kappa shape index (κ1) is 19.3. The van der Waals surface area contributed by atoms with Crippen molar-refractivity contribution in [1.82, 2.24) is 9.55 Å². The molecule has 0 spiro atoms. The van der Waals surface area contributed by atoms with Crippen molar-refractivity contribution in [1.29, 1.82) is 0 Å². The van der Waals surface area contributed by atoms with Gasteiger partial charge in [0.1, 0.15) is 5.82 Å². The summed E-state index contributed by atoms with van der Waals surface area (Å²) in [4.78, 5) is 29.0. The largest absolute Gasteiger partial charge is 0.436 e. The Kier molecular flexibility index (Phi) is 4.97. The Morgan fingerprint density at radius 2 is 1.87 bits per heavy atom. The normalized spacial score (nSPS) is 10.8. The number of halogens is 2. The predicted molar refractivity (Wildman–Crippen MR) is 108 cm³/mol. The number of pyridine rings is 2. The second-order valence-corrected chi connectivity index (χ2v) is 6.49. The summed E-state index contributed by atoms with van der Waals surface area (Å²) in [6.07, 6.45) is 1.37. The van der Waals surface area contributed by atoms with Crippen molar-refractivity contribution < 1.29 is 18.3 Å². The zero-order valence-electron chi connectivity index (χ0n) is 15.7. The number of ether oxygens (including phenoxy) is 1. The summed E-state index contributed by atoms with van der Waals surface area (Å²) in [5, 5.41) is 3.31. The molecule has 2 heterocycles. The molecule has 0 aliphatic heterocycles. The molecular weight excluding hydrogens is 392 g/mol. The number of nitrogens with one attached hydrogen (secondary N) is 1. The number of hydrogen-bond acceptors (Lipinski definition) is 4. The number of benzene rings is 2. The summed E-state index contributed by atoms with van der Waals surface area (Å²) in [7, 11) is 1.63. The van der Waals surface area contributed by atoms with Crippen molar-refractivity contribution >= 4 is 22.5 Å². The second kappa shape index (κ2) is 7.75. The van der Waals surface area contributed by atoms with Crippen LogP contribution in [0.25, 0.3) is 10.9 Å². The van der Waals surface area contributed by atoms with E-state index >= 15 is 0 Å². The SMILES string of the molecule is Cn1c(=O)cc(C(=O)Nc2ccnc(Oc3ccc(F)cc3F)c2)c2ccccc21. The molecular formula is C22H15F2N3O3. The molecule has 6 nitrogen and oxygen atoms in total. The molecule has 0 atom stereocenters. The van der Waals surface area contributed by atoms with E-state index in [1.807, 2.05) is 0 Å². The highest BCUT2D eigenvalue weighted by atomic mass is 19.1. The van der Waals surface area contributed by atoms with Crippen LogP contribution in [0.2, 0.25) is 0 Å². The summed E-state index contributed by atoms with van der Waals surface area (Å²) in [5.41, 5.74) is 0.861. The van der Waals surface area contributed by atoms with E-state index in [4.69, 9.17) is 4.74 Å². The lowest BCUT2D eigenvalue weighted by Gasteiger charge is -2.11. The first-order valence-electron chi connectivity index (χ1n) is 8.91. The Morgan fingerprint density at radius 1 is 1.07 bits per heavy atom. The molecule has 0 fully saturated rings. The average Bonchev–Trinajstić information content (AvgIpc) is 2.73. The summed E-state index contributed by atoms with van der Waals surface area (Å²) in [6, 6.07) is 14.1. The number of anilines is 1. The van der Waals surface area contributed by atoms with Crippen LogP contribution in [0.4, 0.5) is 14.5 Å². The van der Waals surface area contributed by atoms with E-state index in [-0.39, 0.29) is 22.8 Å². The third-order valence-electron chi connectivity index (χ3n) is 4.50. The number of para-hydroxylation sites is 1. The van der Waals surface area contributed by atoms with Gasteiger partial charge < -0.3 is 14.6 Å². The van der Waals surface area contributed by atoms with Crippen LogP contribution in [0.1, 0.15) is 10.4 Å². The Labute approximate surface area is 169 Å². The highest BCUT2D eigenvalue weighted by Crippen LogP contribution is 2.25. The molecule has 0 unspecified atom stereocenters. The zero-order chi connectivity index (χ0) is 21.3. The van der Waals surface area contributed by atoms with Crippen LogP contribution in [0, 0.1) is 11.6 Å². The predicted octanol–water partition coefficient (Wildman–Crippen LogP) is 4.26. The Balaban J connectivity index is 1.62. The van der Waals surface area contributed by atoms with Crippen LogP contribution in [-0.2, 0) is 7.05 Å². The minimum atomic E-state index is -0.877. The molecule has 4 rings (SSSR count). The molecule has 1 N–H and O–H groups in total. The monoisotopic (exact) mass is 407 g/mol. The lowest BCUT2D eigenvalue weighted by molar-refractivity contribution is 0.102. The summed E-state index contributed by atoms with van der Waals surface area (Å²) >= 11 is 0. The van der Waals surface area contributed by atoms with E-state index in [1.165, 1.54) is 29.0 Å². The van der Waals surface area contributed by atoms with Crippen molar-refractivity contribution in [3.8, 4) is 11.6 Å². The molecule has 8 heteroatoms. The highest BCUT2D eigenvalue weighted by Gasteiger charge is 2.14. The molecule has 30 heavy (non-hydrogen) atoms. The smallest absolute Gasteiger partial charge is 0.256 e. The highest BCUT2D eigenvalue weighted by molar-refractivity contribution is 6.12. The minimum Gasteiger partial charge on any atom is -0.436 e. The summed E-state index contributed by atoms with van der Waals surface area (Å²) < 4.78 is 33.6. The molecule has 0 saturated heterocycles. The van der Waals surface area contributed by atoms with E-state index < -0.39 is 17.5 Å². The molecule has 150 valence electrons. The molecule has 0 aliphatic carbocycles. The van der Waals surface area contributed by atoms with E-state index in [9.17, 15) is 18.4 Å². The van der Waals surface area contributed by atoms with Gasteiger partial charge >= 0.3 is 0 Å². The number of fused-ring (bicyclic) bond motifs is 1. The second-order valence-electron chi connectivity index (χ2n) is 6.49. The number of aryl methyl sites for hydroxylation is 1. The van der Waals surface area contributed by atoms with Gasteiger partial charge in [-0.05, 0) is 24.3 Å². The standard InChI is InChI=1S/C22H15F2N3O3/c1-27-18-5-3-2-4-15(18)16(12-21(27)28)22(29)26-14-8-9-25-20(11-14)30-19-7-6-13(23)10-17(19)24/h2-12H,1H3,(H,25,26,29). The minimum absolute atomic E-state index is 0.00661. The Bertz CT molecular complexity index is 1340. The maximum atomic E-state index is 13.8. The molecule has 1 amide bonds. The van der Waals surface area contributed by atoms with E-state index in [0.29, 0.717) is 22.7 Å². The van der Waals surface area contributed by atoms with Crippen LogP contribution in [-0.4, -0.2) is 15.5 Å². The van der Waals surface area contributed by atoms with Gasteiger partial charge in [0.25, 0.3) is 11.5 Å². The first-order valence-corrected chi connectivity index (χ1v) is 8.91. The van der Waals surface area contributed by atoms with Gasteiger partial charge in [-0.2, -0.15) is 0 Å². The Hall–Kier alpha value is -4.07. The van der Waals surface area contributed by atoms with E-state index in [1.54, 1.807) is 31.3 Å². The topological polar surface area (TPSA) is 73.2 Å². The summed E-state index contributed by atoms with van der Waals surface area (Å²) in [5.74, 6) is -2.29. The fourth-order valence-electron chi connectivity index (χ4n) is 3.01. The number of amides is 1. The molecule has 4 aromatic rings. The molecule has 2 aromatic carbocycles. The van der Waals surface area contributed by atoms with Gasteiger partial charge in [0.05, 0.1) is 11.1 Å². The van der Waals surface area contributed by atoms with Crippen molar-refractivity contribution in [3.05, 3.63) is 94.4 Å². The van der Waals surface area contributed by atoms with Crippen molar-refractivity contribution in [3.63, 3.8) is 0 Å². The molecule has 0 radical (unpaired) electrons. The first-order chi connectivity index (χ1) is 14.4. The van der Waals surface area contributed by atoms with Crippen LogP contribution in [0.5, 0.6) is 11.6 Å². The number of hydrogen-bond donors (Lipinski definition) is 1. The third-order valence-corrected chi connectivity index (χ3v) is 4.50. The van der Waals surface area contributed by atoms with Gasteiger partial charge in [-0.3, -0.25) is 9.59 Å². The van der Waals surface area contributed by atoms with E-state index in [0.717, 1.165) is 12.1 Å². The van der Waals surface area contributed by atoms with Crippen LogP contribution in [0.15, 0.2) is 71.7 Å². The van der Waals surface area contributed by atoms with Gasteiger partial charge in [-0.1, -0.05) is 18.2 Å². The van der Waals surface area contributed by atoms with Gasteiger partial charge in [0.2, 0.25) is 5.88 Å². The van der Waals surface area contributed by atoms with Gasteiger partial charge in [-0.15, -0.1) is 0 Å². The van der Waals surface area contributed by atoms with Crippen LogP contribution in [0.3, 0.4) is 0 Å². The quantitative estimate of drug-likeness (QED) is 0.549. The maximum absolute atomic E-state index is 13.8. The van der Waals surface area contributed by atoms with E-state index in [2.05, 4.69) is 10.3 Å². The Morgan fingerprint density at radius 3 is 2.67 bits per heavy atom. The molecule has 0 saturated carbocycles. The number of carbonyl (C=O) groups excluding carboxylic acids is 1. The molecule has 0 bridgehead atoms. The molecule has 2 aromatic heterocycles. The zero-order valence-corrected chi connectivity index (χ0v) is 15.7. The number of rotatable bonds is 4. The van der Waals surface area contributed by atoms with Crippen LogP contribution < -0.4 is 15.6 Å². The summed E-state index contributed by atoms with van der Waals surface area (Å²) in [6.45, 7) is 0. The fourth-order valence-corrected chi connectivity index (χ4v) is 3.01. The maximum Gasteiger partial charge on any atom is 0.256 e. The lowest BCUT2D eigenvalue weighted by Crippen LogP contribution is -2.21. The average molecular weight is 407 g/mol. The van der Waals surface area contributed by atoms with Crippen molar-refractivity contribution in [2.24, 2.45) is 7.05 Å². The number of aromatic nitrogens is 2. The van der Waals surface area contributed by atoms with Gasteiger partial charge in [0.15, 0.2) is 11.6 Å². The van der Waals surface area contributed by atoms with Gasteiger partial charge in [0, 0.05) is 42.5 Å². The van der Waals surface area contributed by atoms with Crippen molar-refractivity contribution in [2.75, 3.05) is 5.32 Å². The number of carbonyl (C=O) groups is 1. The van der Waals surface area contributed by atoms with Crippen LogP contribution >= 0.6 is 0 Å². The third kappa shape index (κ3) is 3.75. The van der Waals surface area contributed by atoms with Crippen molar-refractivity contribution in [2.45, 2.75) is 0 Å². The fraction of sp³-hybridized carbons (Fsp3) is 0.0455. The number of nitrogens with zero attached hydrogens (tertiary/aromatic N) is 2. The molecule has 0 aliphatic rings. The lowest BCUT2D eigenvalue weighted by atomic mass is 10.1. The van der Waals surface area contributed by atoms with Gasteiger partial charge in [-0.25, -0.2) is 13.8 Å².